The summed E-state index contributed by atoms with van der Waals surface area (Å²) in [6.45, 7) is 1.99. The van der Waals surface area contributed by atoms with Crippen LogP contribution in [0, 0.1) is 11.8 Å². The number of aliphatic hydroxyl groups excluding tert-OH is 1. The van der Waals surface area contributed by atoms with Crippen molar-refractivity contribution in [3.05, 3.63) is 24.0 Å². The fraction of sp³-hybridized carbons (Fsp3) is 0.364. The minimum atomic E-state index is -3.51. The maximum absolute atomic E-state index is 11.8. The largest absolute Gasteiger partial charge is 0.384 e. The first-order chi connectivity index (χ1) is 8.10. The Bertz CT molecular complexity index is 529. The Morgan fingerprint density at radius 3 is 2.88 bits per heavy atom. The third-order valence-electron chi connectivity index (χ3n) is 1.88. The van der Waals surface area contributed by atoms with Crippen LogP contribution in [-0.4, -0.2) is 31.7 Å². The molecule has 0 aliphatic carbocycles. The van der Waals surface area contributed by atoms with Gasteiger partial charge in [-0.05, 0) is 12.5 Å². The van der Waals surface area contributed by atoms with Crippen LogP contribution in [0.4, 0.5) is 0 Å². The van der Waals surface area contributed by atoms with Gasteiger partial charge in [-0.3, -0.25) is 4.98 Å². The molecule has 2 N–H and O–H groups in total. The van der Waals surface area contributed by atoms with E-state index in [4.69, 9.17) is 5.11 Å². The molecule has 0 aliphatic heterocycles. The van der Waals surface area contributed by atoms with Gasteiger partial charge >= 0.3 is 0 Å². The lowest BCUT2D eigenvalue weighted by Gasteiger charge is -2.04. The Balaban J connectivity index is 2.99. The summed E-state index contributed by atoms with van der Waals surface area (Å²) >= 11 is 0. The van der Waals surface area contributed by atoms with Gasteiger partial charge in [0.2, 0.25) is 10.0 Å². The molecule has 0 radical (unpaired) electrons. The predicted octanol–water partition coefficient (Wildman–Crippen LogP) is 0.114. The van der Waals surface area contributed by atoms with Crippen LogP contribution in [0.1, 0.15) is 18.9 Å². The first kappa shape index (κ1) is 13.6. The number of nitrogens with one attached hydrogen (secondary N) is 1. The van der Waals surface area contributed by atoms with Crippen molar-refractivity contribution in [2.75, 3.05) is 13.2 Å². The van der Waals surface area contributed by atoms with Crippen molar-refractivity contribution >= 4 is 10.0 Å². The van der Waals surface area contributed by atoms with Gasteiger partial charge in [-0.15, -0.1) is 0 Å². The van der Waals surface area contributed by atoms with Crippen LogP contribution in [0.5, 0.6) is 0 Å². The fourth-order valence-electron chi connectivity index (χ4n) is 1.10. The van der Waals surface area contributed by atoms with Gasteiger partial charge in [0.05, 0.1) is 0 Å². The molecule has 92 valence electrons. The molecule has 0 amide bonds. The zero-order chi connectivity index (χ0) is 12.7. The van der Waals surface area contributed by atoms with Crippen LogP contribution in [-0.2, 0) is 10.0 Å². The second-order valence-electron chi connectivity index (χ2n) is 3.27. The number of hydrogen-bond acceptors (Lipinski definition) is 4. The molecule has 1 aromatic rings. The van der Waals surface area contributed by atoms with Crippen LogP contribution in [0.25, 0.3) is 0 Å². The highest BCUT2D eigenvalue weighted by Crippen LogP contribution is 2.08. The van der Waals surface area contributed by atoms with E-state index in [0.29, 0.717) is 12.1 Å². The van der Waals surface area contributed by atoms with E-state index in [-0.39, 0.29) is 11.5 Å². The molecular formula is C11H14N2O3S. The van der Waals surface area contributed by atoms with Crippen molar-refractivity contribution in [3.63, 3.8) is 0 Å². The standard InChI is InChI=1S/C11H14N2O3S/c1-2-5-13-17(15,16)11-7-10(4-3-6-14)8-12-9-11/h7-9,13-14H,2,5-6H2,1H3. The lowest BCUT2D eigenvalue weighted by atomic mass is 10.3. The SMILES string of the molecule is CCCNS(=O)(=O)c1cncc(C#CCO)c1. The average molecular weight is 254 g/mol. The maximum atomic E-state index is 11.8. The number of rotatable bonds is 4. The molecule has 0 bridgehead atoms. The number of pyridine rings is 1. The first-order valence-corrected chi connectivity index (χ1v) is 6.63. The summed E-state index contributed by atoms with van der Waals surface area (Å²) in [4.78, 5) is 3.89. The van der Waals surface area contributed by atoms with E-state index in [1.807, 2.05) is 6.92 Å². The molecular weight excluding hydrogens is 240 g/mol. The minimum Gasteiger partial charge on any atom is -0.384 e. The Morgan fingerprint density at radius 2 is 2.24 bits per heavy atom. The van der Waals surface area contributed by atoms with Crippen molar-refractivity contribution < 1.29 is 13.5 Å². The van der Waals surface area contributed by atoms with Crippen molar-refractivity contribution in [1.29, 1.82) is 0 Å². The molecule has 0 saturated carbocycles. The van der Waals surface area contributed by atoms with Crippen LogP contribution in [0.15, 0.2) is 23.4 Å². The Hall–Kier alpha value is -1.42. The van der Waals surface area contributed by atoms with Crippen molar-refractivity contribution in [2.45, 2.75) is 18.2 Å². The summed E-state index contributed by atoms with van der Waals surface area (Å²) in [6.07, 6.45) is 3.43. The van der Waals surface area contributed by atoms with Gasteiger partial charge in [-0.2, -0.15) is 0 Å². The monoisotopic (exact) mass is 254 g/mol. The zero-order valence-electron chi connectivity index (χ0n) is 9.47. The summed E-state index contributed by atoms with van der Waals surface area (Å²) in [5.74, 6) is 5.04. The van der Waals surface area contributed by atoms with Crippen molar-refractivity contribution in [1.82, 2.24) is 9.71 Å². The zero-order valence-corrected chi connectivity index (χ0v) is 10.3. The number of aromatic nitrogens is 1. The van der Waals surface area contributed by atoms with E-state index in [2.05, 4.69) is 21.5 Å². The molecule has 1 aromatic heterocycles. The number of sulfonamides is 1. The quantitative estimate of drug-likeness (QED) is 0.748. The molecule has 0 aromatic carbocycles. The summed E-state index contributed by atoms with van der Waals surface area (Å²) in [5.41, 5.74) is 0.457. The van der Waals surface area contributed by atoms with Crippen LogP contribution < -0.4 is 4.72 Å². The van der Waals surface area contributed by atoms with E-state index in [9.17, 15) is 8.42 Å². The summed E-state index contributed by atoms with van der Waals surface area (Å²) < 4.78 is 26.0. The molecule has 0 aliphatic rings. The lowest BCUT2D eigenvalue weighted by Crippen LogP contribution is -2.24. The number of aliphatic hydroxyl groups is 1. The van der Waals surface area contributed by atoms with Gasteiger partial charge in [0.15, 0.2) is 0 Å². The molecule has 0 fully saturated rings. The van der Waals surface area contributed by atoms with E-state index in [1.54, 1.807) is 0 Å². The van der Waals surface area contributed by atoms with Crippen molar-refractivity contribution in [3.8, 4) is 11.8 Å². The molecule has 0 spiro atoms. The van der Waals surface area contributed by atoms with Gasteiger partial charge < -0.3 is 5.11 Å². The molecule has 0 saturated heterocycles. The molecule has 0 atom stereocenters. The average Bonchev–Trinajstić information content (AvgIpc) is 2.34. The Labute approximate surface area is 101 Å². The van der Waals surface area contributed by atoms with Crippen molar-refractivity contribution in [2.24, 2.45) is 0 Å². The van der Waals surface area contributed by atoms with E-state index in [0.717, 1.165) is 6.42 Å². The second-order valence-corrected chi connectivity index (χ2v) is 5.03. The Kier molecular flexibility index (Phi) is 5.10. The highest BCUT2D eigenvalue weighted by molar-refractivity contribution is 7.89. The predicted molar refractivity (Wildman–Crippen MR) is 63.7 cm³/mol. The maximum Gasteiger partial charge on any atom is 0.242 e. The Morgan fingerprint density at radius 1 is 1.47 bits per heavy atom. The topological polar surface area (TPSA) is 79.3 Å². The van der Waals surface area contributed by atoms with Crippen LogP contribution in [0.3, 0.4) is 0 Å². The highest BCUT2D eigenvalue weighted by atomic mass is 32.2. The van der Waals surface area contributed by atoms with Gasteiger partial charge in [-0.1, -0.05) is 18.8 Å². The molecule has 1 rings (SSSR count). The third kappa shape index (κ3) is 4.15. The molecule has 0 unspecified atom stereocenters. The summed E-state index contributed by atoms with van der Waals surface area (Å²) in [5, 5.41) is 8.55. The molecule has 5 nitrogen and oxygen atoms in total. The number of nitrogens with zero attached hydrogens (tertiary/aromatic N) is 1. The van der Waals surface area contributed by atoms with Gasteiger partial charge in [-0.25, -0.2) is 13.1 Å². The second kappa shape index (κ2) is 6.35. The van der Waals surface area contributed by atoms with Gasteiger partial charge in [0.1, 0.15) is 11.5 Å². The van der Waals surface area contributed by atoms with Crippen LogP contribution >= 0.6 is 0 Å². The van der Waals surface area contributed by atoms with Crippen LogP contribution in [0.2, 0.25) is 0 Å². The highest BCUT2D eigenvalue weighted by Gasteiger charge is 2.13. The molecule has 1 heterocycles. The van der Waals surface area contributed by atoms with Gasteiger partial charge in [0, 0.05) is 24.5 Å². The van der Waals surface area contributed by atoms with E-state index in [1.165, 1.54) is 18.5 Å². The normalized spacial score (nSPS) is 10.7. The van der Waals surface area contributed by atoms with Gasteiger partial charge in [0.25, 0.3) is 0 Å². The van der Waals surface area contributed by atoms with E-state index < -0.39 is 10.0 Å². The van der Waals surface area contributed by atoms with E-state index >= 15 is 0 Å². The minimum absolute atomic E-state index is 0.0793. The molecule has 17 heavy (non-hydrogen) atoms. The first-order valence-electron chi connectivity index (χ1n) is 5.14. The summed E-state index contributed by atoms with van der Waals surface area (Å²) in [6, 6.07) is 1.42. The molecule has 6 heteroatoms. The lowest BCUT2D eigenvalue weighted by molar-refractivity contribution is 0.350. The smallest absolute Gasteiger partial charge is 0.242 e. The number of hydrogen-bond donors (Lipinski definition) is 2. The summed E-state index contributed by atoms with van der Waals surface area (Å²) in [7, 11) is -3.51. The fourth-order valence-corrected chi connectivity index (χ4v) is 2.22. The third-order valence-corrected chi connectivity index (χ3v) is 3.31.